The van der Waals surface area contributed by atoms with Crippen molar-refractivity contribution in [3.05, 3.63) is 75.9 Å². The van der Waals surface area contributed by atoms with Crippen LogP contribution in [0, 0.1) is 5.82 Å². The number of primary amides is 1. The molecule has 0 saturated heterocycles. The number of rotatable bonds is 4. The van der Waals surface area contributed by atoms with Gasteiger partial charge in [-0.25, -0.2) is 9.37 Å². The summed E-state index contributed by atoms with van der Waals surface area (Å²) in [6.07, 6.45) is -3.61. The van der Waals surface area contributed by atoms with Gasteiger partial charge in [0.15, 0.2) is 5.76 Å². The molecular formula is C17H11F4N3O3. The Labute approximate surface area is 148 Å². The molecule has 0 aliphatic heterocycles. The number of carbonyl (C=O) groups excluding carboxylic acids is 1. The average Bonchev–Trinajstić information content (AvgIpc) is 3.04. The fourth-order valence-corrected chi connectivity index (χ4v) is 2.44. The smallest absolute Gasteiger partial charge is 0.431 e. The van der Waals surface area contributed by atoms with E-state index in [1.807, 2.05) is 0 Å². The molecule has 2 aromatic heterocycles. The monoisotopic (exact) mass is 381 g/mol. The fraction of sp³-hybridized carbons (Fsp3) is 0.118. The van der Waals surface area contributed by atoms with Crippen LogP contribution in [-0.4, -0.2) is 15.5 Å². The van der Waals surface area contributed by atoms with Gasteiger partial charge in [0.2, 0.25) is 5.89 Å². The minimum Gasteiger partial charge on any atom is -0.439 e. The van der Waals surface area contributed by atoms with Crippen LogP contribution >= 0.6 is 0 Å². The van der Waals surface area contributed by atoms with Gasteiger partial charge in [0, 0.05) is 5.56 Å². The lowest BCUT2D eigenvalue weighted by Gasteiger charge is -2.14. The Hall–Kier alpha value is -3.43. The maximum absolute atomic E-state index is 13.2. The molecule has 140 valence electrons. The number of oxazole rings is 1. The van der Waals surface area contributed by atoms with Crippen LogP contribution in [0.15, 0.2) is 51.8 Å². The largest absolute Gasteiger partial charge is 0.439 e. The second-order valence-corrected chi connectivity index (χ2v) is 5.51. The first-order valence-corrected chi connectivity index (χ1v) is 7.48. The molecule has 3 aromatic rings. The Bertz CT molecular complexity index is 1050. The lowest BCUT2D eigenvalue weighted by Crippen LogP contribution is -2.34. The SMILES string of the molecule is NC(=O)c1ccc(C(F)(F)F)n(Cc2ncc(-c3ccc(F)cc3)o2)c1=O. The van der Waals surface area contributed by atoms with E-state index in [0.29, 0.717) is 16.2 Å². The molecule has 2 N–H and O–H groups in total. The van der Waals surface area contributed by atoms with Crippen molar-refractivity contribution in [1.82, 2.24) is 9.55 Å². The third-order valence-electron chi connectivity index (χ3n) is 3.71. The van der Waals surface area contributed by atoms with Crippen molar-refractivity contribution in [3.63, 3.8) is 0 Å². The van der Waals surface area contributed by atoms with Crippen molar-refractivity contribution in [2.24, 2.45) is 5.73 Å². The number of aromatic nitrogens is 2. The molecule has 1 aromatic carbocycles. The summed E-state index contributed by atoms with van der Waals surface area (Å²) in [4.78, 5) is 27.4. The van der Waals surface area contributed by atoms with E-state index >= 15 is 0 Å². The third-order valence-corrected chi connectivity index (χ3v) is 3.71. The molecule has 0 spiro atoms. The Kier molecular flexibility index (Phi) is 4.56. The van der Waals surface area contributed by atoms with Gasteiger partial charge in [-0.3, -0.25) is 14.2 Å². The molecule has 0 saturated carbocycles. The van der Waals surface area contributed by atoms with Crippen LogP contribution < -0.4 is 11.3 Å². The normalized spacial score (nSPS) is 11.6. The van der Waals surface area contributed by atoms with Gasteiger partial charge in [0.05, 0.1) is 6.20 Å². The molecule has 2 heterocycles. The predicted octanol–water partition coefficient (Wildman–Crippen LogP) is 2.81. The molecule has 6 nitrogen and oxygen atoms in total. The topological polar surface area (TPSA) is 91.1 Å². The second kappa shape index (κ2) is 6.71. The Balaban J connectivity index is 2.02. The summed E-state index contributed by atoms with van der Waals surface area (Å²) in [5, 5.41) is 0. The summed E-state index contributed by atoms with van der Waals surface area (Å²) >= 11 is 0. The lowest BCUT2D eigenvalue weighted by molar-refractivity contribution is -0.144. The van der Waals surface area contributed by atoms with E-state index in [2.05, 4.69) is 4.98 Å². The van der Waals surface area contributed by atoms with Crippen LogP contribution in [0.4, 0.5) is 17.6 Å². The number of hydrogen-bond donors (Lipinski definition) is 1. The van der Waals surface area contributed by atoms with E-state index in [1.165, 1.54) is 30.5 Å². The summed E-state index contributed by atoms with van der Waals surface area (Å²) in [5.74, 6) is -1.65. The summed E-state index contributed by atoms with van der Waals surface area (Å²) < 4.78 is 58.3. The minimum absolute atomic E-state index is 0.178. The van der Waals surface area contributed by atoms with E-state index in [0.717, 1.165) is 6.07 Å². The lowest BCUT2D eigenvalue weighted by atomic mass is 10.2. The van der Waals surface area contributed by atoms with Crippen molar-refractivity contribution >= 4 is 5.91 Å². The molecule has 0 aliphatic rings. The van der Waals surface area contributed by atoms with Gasteiger partial charge in [-0.15, -0.1) is 0 Å². The van der Waals surface area contributed by atoms with E-state index in [-0.39, 0.29) is 11.7 Å². The highest BCUT2D eigenvalue weighted by Gasteiger charge is 2.35. The highest BCUT2D eigenvalue weighted by Crippen LogP contribution is 2.29. The third kappa shape index (κ3) is 3.73. The Morgan fingerprint density at radius 1 is 1.15 bits per heavy atom. The standard InChI is InChI=1S/C17H11F4N3O3/c18-10-3-1-9(2-4-10)12-7-23-14(27-12)8-24-13(17(19,20)21)6-5-11(15(22)25)16(24)26/h1-7H,8H2,(H2,22,25). The number of amides is 1. The maximum atomic E-state index is 13.2. The van der Waals surface area contributed by atoms with E-state index in [4.69, 9.17) is 10.2 Å². The zero-order valence-electron chi connectivity index (χ0n) is 13.5. The van der Waals surface area contributed by atoms with Crippen LogP contribution in [0.1, 0.15) is 21.9 Å². The molecule has 27 heavy (non-hydrogen) atoms. The van der Waals surface area contributed by atoms with Gasteiger partial charge >= 0.3 is 6.18 Å². The summed E-state index contributed by atoms with van der Waals surface area (Å²) in [7, 11) is 0. The van der Waals surface area contributed by atoms with Crippen LogP contribution in [0.5, 0.6) is 0 Å². The van der Waals surface area contributed by atoms with Crippen LogP contribution in [0.25, 0.3) is 11.3 Å². The van der Waals surface area contributed by atoms with Crippen molar-refractivity contribution < 1.29 is 26.8 Å². The second-order valence-electron chi connectivity index (χ2n) is 5.51. The molecule has 0 unspecified atom stereocenters. The van der Waals surface area contributed by atoms with Gasteiger partial charge < -0.3 is 10.2 Å². The maximum Gasteiger partial charge on any atom is 0.431 e. The van der Waals surface area contributed by atoms with Crippen molar-refractivity contribution in [2.75, 3.05) is 0 Å². The number of halogens is 4. The average molecular weight is 381 g/mol. The molecule has 1 amide bonds. The molecule has 0 bridgehead atoms. The molecule has 0 atom stereocenters. The van der Waals surface area contributed by atoms with Gasteiger partial charge in [-0.2, -0.15) is 13.2 Å². The van der Waals surface area contributed by atoms with Crippen molar-refractivity contribution in [1.29, 1.82) is 0 Å². The first-order valence-electron chi connectivity index (χ1n) is 7.48. The zero-order valence-corrected chi connectivity index (χ0v) is 13.5. The molecule has 10 heteroatoms. The number of nitrogens with two attached hydrogens (primary N) is 1. The number of pyridine rings is 1. The number of alkyl halides is 3. The number of benzene rings is 1. The number of hydrogen-bond acceptors (Lipinski definition) is 4. The van der Waals surface area contributed by atoms with Crippen molar-refractivity contribution in [2.45, 2.75) is 12.7 Å². The molecular weight excluding hydrogens is 370 g/mol. The highest BCUT2D eigenvalue weighted by molar-refractivity contribution is 5.92. The Morgan fingerprint density at radius 3 is 2.41 bits per heavy atom. The summed E-state index contributed by atoms with van der Waals surface area (Å²) in [5.41, 5.74) is 2.40. The quantitative estimate of drug-likeness (QED) is 0.704. The first kappa shape index (κ1) is 18.4. The summed E-state index contributed by atoms with van der Waals surface area (Å²) in [6.45, 7) is -0.671. The highest BCUT2D eigenvalue weighted by atomic mass is 19.4. The predicted molar refractivity (Wildman–Crippen MR) is 85.2 cm³/mol. The van der Waals surface area contributed by atoms with E-state index < -0.39 is 41.3 Å². The van der Waals surface area contributed by atoms with Gasteiger partial charge in [0.25, 0.3) is 11.5 Å². The Morgan fingerprint density at radius 2 is 1.81 bits per heavy atom. The fourth-order valence-electron chi connectivity index (χ4n) is 2.44. The number of nitrogens with zero attached hydrogens (tertiary/aromatic N) is 2. The molecule has 0 radical (unpaired) electrons. The van der Waals surface area contributed by atoms with Crippen LogP contribution in [-0.2, 0) is 12.7 Å². The number of carbonyl (C=O) groups is 1. The zero-order chi connectivity index (χ0) is 19.8. The molecule has 3 rings (SSSR count). The first-order chi connectivity index (χ1) is 12.7. The minimum atomic E-state index is -4.85. The summed E-state index contributed by atoms with van der Waals surface area (Å²) in [6, 6.07) is 6.48. The van der Waals surface area contributed by atoms with Crippen LogP contribution in [0.2, 0.25) is 0 Å². The van der Waals surface area contributed by atoms with Gasteiger partial charge in [-0.05, 0) is 36.4 Å². The van der Waals surface area contributed by atoms with Gasteiger partial charge in [0.1, 0.15) is 23.6 Å². The molecule has 0 fully saturated rings. The van der Waals surface area contributed by atoms with Gasteiger partial charge in [-0.1, -0.05) is 0 Å². The van der Waals surface area contributed by atoms with Crippen LogP contribution in [0.3, 0.4) is 0 Å². The molecule has 0 aliphatic carbocycles. The van der Waals surface area contributed by atoms with E-state index in [1.54, 1.807) is 0 Å². The van der Waals surface area contributed by atoms with Crippen molar-refractivity contribution in [3.8, 4) is 11.3 Å². The van der Waals surface area contributed by atoms with E-state index in [9.17, 15) is 27.2 Å².